The number of nitrogens with zero attached hydrogens (tertiary/aromatic N) is 3. The molecule has 0 saturated heterocycles. The first-order valence-electron chi connectivity index (χ1n) is 3.64. The van der Waals surface area contributed by atoms with Crippen LogP contribution in [0.5, 0.6) is 0 Å². The van der Waals surface area contributed by atoms with Crippen molar-refractivity contribution in [2.45, 2.75) is 0 Å². The van der Waals surface area contributed by atoms with Crippen molar-refractivity contribution in [1.82, 2.24) is 15.0 Å². The summed E-state index contributed by atoms with van der Waals surface area (Å²) in [6, 6.07) is 1.86. The first-order valence-corrected chi connectivity index (χ1v) is 3.64. The Balaban J connectivity index is 2.79. The Kier molecular flexibility index (Phi) is 1.59. The number of anilines is 1. The van der Waals surface area contributed by atoms with Crippen LogP contribution in [0.2, 0.25) is 0 Å². The van der Waals surface area contributed by atoms with Gasteiger partial charge in [-0.2, -0.15) is 0 Å². The van der Waals surface area contributed by atoms with Crippen LogP contribution < -0.4 is 5.32 Å². The van der Waals surface area contributed by atoms with Crippen molar-refractivity contribution in [1.29, 1.82) is 0 Å². The smallest absolute Gasteiger partial charge is 0.138 e. The predicted molar refractivity (Wildman–Crippen MR) is 46.9 cm³/mol. The van der Waals surface area contributed by atoms with Crippen molar-refractivity contribution in [3.05, 3.63) is 24.8 Å². The lowest BCUT2D eigenvalue weighted by Gasteiger charge is -2.01. The van der Waals surface area contributed by atoms with Crippen molar-refractivity contribution in [2.75, 3.05) is 12.4 Å². The van der Waals surface area contributed by atoms with E-state index in [-0.39, 0.29) is 0 Å². The third kappa shape index (κ3) is 0.972. The topological polar surface area (TPSA) is 50.7 Å². The average molecular weight is 160 g/mol. The molecular formula is C8H8N4. The minimum atomic E-state index is 0.813. The fourth-order valence-corrected chi connectivity index (χ4v) is 1.10. The van der Waals surface area contributed by atoms with Crippen LogP contribution in [0.1, 0.15) is 0 Å². The van der Waals surface area contributed by atoms with E-state index < -0.39 is 0 Å². The van der Waals surface area contributed by atoms with Gasteiger partial charge in [-0.15, -0.1) is 0 Å². The normalized spacial score (nSPS) is 10.1. The molecule has 60 valence electrons. The van der Waals surface area contributed by atoms with Crippen molar-refractivity contribution >= 4 is 16.7 Å². The highest BCUT2D eigenvalue weighted by Gasteiger charge is 1.99. The second-order valence-corrected chi connectivity index (χ2v) is 2.37. The standard InChI is InChI=1S/C8H8N4/c1-9-8-6-4-10-3-2-7(6)11-5-12-8/h2-5H,1H3,(H,9,11,12). The van der Waals surface area contributed by atoms with Gasteiger partial charge in [-0.05, 0) is 6.07 Å². The summed E-state index contributed by atoms with van der Waals surface area (Å²) in [6.45, 7) is 0. The zero-order valence-electron chi connectivity index (χ0n) is 6.65. The van der Waals surface area contributed by atoms with E-state index in [1.54, 1.807) is 12.4 Å². The number of aromatic nitrogens is 3. The molecule has 2 aromatic rings. The van der Waals surface area contributed by atoms with Gasteiger partial charge in [0.1, 0.15) is 12.1 Å². The summed E-state index contributed by atoms with van der Waals surface area (Å²) >= 11 is 0. The summed E-state index contributed by atoms with van der Waals surface area (Å²) in [5.41, 5.74) is 0.907. The molecule has 0 bridgehead atoms. The van der Waals surface area contributed by atoms with Crippen molar-refractivity contribution < 1.29 is 0 Å². The molecule has 2 heterocycles. The SMILES string of the molecule is CNc1ncnc2ccncc12. The molecule has 0 atom stereocenters. The van der Waals surface area contributed by atoms with Crippen LogP contribution in [0, 0.1) is 0 Å². The molecule has 0 radical (unpaired) electrons. The summed E-state index contributed by atoms with van der Waals surface area (Å²) in [5.74, 6) is 0.813. The Bertz CT molecular complexity index is 394. The molecule has 0 spiro atoms. The van der Waals surface area contributed by atoms with Gasteiger partial charge in [0.2, 0.25) is 0 Å². The predicted octanol–water partition coefficient (Wildman–Crippen LogP) is 1.07. The minimum absolute atomic E-state index is 0.813. The molecule has 2 rings (SSSR count). The van der Waals surface area contributed by atoms with E-state index in [0.29, 0.717) is 0 Å². The van der Waals surface area contributed by atoms with Gasteiger partial charge in [0, 0.05) is 19.4 Å². The number of hydrogen-bond donors (Lipinski definition) is 1. The van der Waals surface area contributed by atoms with Crippen LogP contribution in [-0.2, 0) is 0 Å². The molecule has 1 N–H and O–H groups in total. The highest BCUT2D eigenvalue weighted by Crippen LogP contribution is 2.15. The lowest BCUT2D eigenvalue weighted by molar-refractivity contribution is 1.20. The van der Waals surface area contributed by atoms with Gasteiger partial charge in [0.25, 0.3) is 0 Å². The largest absolute Gasteiger partial charge is 0.372 e. The van der Waals surface area contributed by atoms with Crippen LogP contribution in [0.15, 0.2) is 24.8 Å². The van der Waals surface area contributed by atoms with Gasteiger partial charge >= 0.3 is 0 Å². The average Bonchev–Trinajstić information content (AvgIpc) is 2.17. The molecule has 12 heavy (non-hydrogen) atoms. The van der Waals surface area contributed by atoms with E-state index in [2.05, 4.69) is 20.3 Å². The molecule has 0 fully saturated rings. The van der Waals surface area contributed by atoms with Gasteiger partial charge in [-0.3, -0.25) is 4.98 Å². The molecule has 2 aromatic heterocycles. The molecule has 4 heteroatoms. The Labute approximate surface area is 69.7 Å². The molecule has 0 aliphatic heterocycles. The third-order valence-electron chi connectivity index (χ3n) is 1.67. The number of nitrogens with one attached hydrogen (secondary N) is 1. The molecule has 0 aromatic carbocycles. The number of rotatable bonds is 1. The maximum Gasteiger partial charge on any atom is 0.138 e. The van der Waals surface area contributed by atoms with Crippen LogP contribution in [0.4, 0.5) is 5.82 Å². The van der Waals surface area contributed by atoms with E-state index in [4.69, 9.17) is 0 Å². The Morgan fingerprint density at radius 3 is 3.08 bits per heavy atom. The zero-order chi connectivity index (χ0) is 8.39. The van der Waals surface area contributed by atoms with E-state index in [1.165, 1.54) is 6.33 Å². The maximum atomic E-state index is 4.10. The summed E-state index contributed by atoms with van der Waals surface area (Å²) in [4.78, 5) is 12.2. The molecule has 0 saturated carbocycles. The molecule has 0 unspecified atom stereocenters. The Morgan fingerprint density at radius 2 is 2.25 bits per heavy atom. The van der Waals surface area contributed by atoms with E-state index in [0.717, 1.165) is 16.7 Å². The van der Waals surface area contributed by atoms with Crippen LogP contribution in [-0.4, -0.2) is 22.0 Å². The summed E-state index contributed by atoms with van der Waals surface area (Å²) in [5, 5.41) is 3.93. The maximum absolute atomic E-state index is 4.10. The van der Waals surface area contributed by atoms with Gasteiger partial charge in [0.15, 0.2) is 0 Å². The molecule has 0 amide bonds. The summed E-state index contributed by atoms with van der Waals surface area (Å²) < 4.78 is 0. The second kappa shape index (κ2) is 2.73. The highest BCUT2D eigenvalue weighted by atomic mass is 15.0. The highest BCUT2D eigenvalue weighted by molar-refractivity contribution is 5.87. The summed E-state index contributed by atoms with van der Waals surface area (Å²) in [7, 11) is 1.83. The van der Waals surface area contributed by atoms with Gasteiger partial charge in [-0.1, -0.05) is 0 Å². The minimum Gasteiger partial charge on any atom is -0.372 e. The summed E-state index contributed by atoms with van der Waals surface area (Å²) in [6.07, 6.45) is 5.00. The lowest BCUT2D eigenvalue weighted by Crippen LogP contribution is -1.94. The zero-order valence-corrected chi connectivity index (χ0v) is 6.65. The number of pyridine rings is 1. The number of fused-ring (bicyclic) bond motifs is 1. The van der Waals surface area contributed by atoms with Gasteiger partial charge in [0.05, 0.1) is 10.9 Å². The first-order chi connectivity index (χ1) is 5.92. The fourth-order valence-electron chi connectivity index (χ4n) is 1.10. The second-order valence-electron chi connectivity index (χ2n) is 2.37. The molecule has 0 aliphatic carbocycles. The molecular weight excluding hydrogens is 152 g/mol. The van der Waals surface area contributed by atoms with Crippen molar-refractivity contribution in [3.8, 4) is 0 Å². The Hall–Kier alpha value is -1.71. The van der Waals surface area contributed by atoms with E-state index in [9.17, 15) is 0 Å². The van der Waals surface area contributed by atoms with E-state index in [1.807, 2.05) is 13.1 Å². The lowest BCUT2D eigenvalue weighted by atomic mass is 10.3. The Morgan fingerprint density at radius 1 is 1.33 bits per heavy atom. The fraction of sp³-hybridized carbons (Fsp3) is 0.125. The van der Waals surface area contributed by atoms with Crippen molar-refractivity contribution in [2.24, 2.45) is 0 Å². The third-order valence-corrected chi connectivity index (χ3v) is 1.67. The van der Waals surface area contributed by atoms with Gasteiger partial charge in [-0.25, -0.2) is 9.97 Å². The van der Waals surface area contributed by atoms with Crippen molar-refractivity contribution in [3.63, 3.8) is 0 Å². The van der Waals surface area contributed by atoms with Crippen LogP contribution >= 0.6 is 0 Å². The monoisotopic (exact) mass is 160 g/mol. The van der Waals surface area contributed by atoms with E-state index >= 15 is 0 Å². The molecule has 4 nitrogen and oxygen atoms in total. The molecule has 0 aliphatic rings. The van der Waals surface area contributed by atoms with Gasteiger partial charge < -0.3 is 5.32 Å². The number of hydrogen-bond acceptors (Lipinski definition) is 4. The van der Waals surface area contributed by atoms with Crippen LogP contribution in [0.25, 0.3) is 10.9 Å². The first kappa shape index (κ1) is 6.97. The van der Waals surface area contributed by atoms with Crippen LogP contribution in [0.3, 0.4) is 0 Å². The quantitative estimate of drug-likeness (QED) is 0.677.